The van der Waals surface area contributed by atoms with E-state index in [0.29, 0.717) is 25.0 Å². The average Bonchev–Trinajstić information content (AvgIpc) is 2.48. The van der Waals surface area contributed by atoms with Crippen LogP contribution in [-0.2, 0) is 4.74 Å². The molecular formula is C14H15BrN4O. The van der Waals surface area contributed by atoms with Gasteiger partial charge in [0.1, 0.15) is 5.82 Å². The number of nitrogens with zero attached hydrogens (tertiary/aromatic N) is 3. The Hall–Kier alpha value is -1.66. The van der Waals surface area contributed by atoms with Gasteiger partial charge < -0.3 is 15.4 Å². The molecule has 5 nitrogen and oxygen atoms in total. The molecular weight excluding hydrogens is 320 g/mol. The van der Waals surface area contributed by atoms with E-state index in [1.54, 1.807) is 6.20 Å². The number of hydrogen-bond donors (Lipinski definition) is 1. The predicted molar refractivity (Wildman–Crippen MR) is 82.6 cm³/mol. The van der Waals surface area contributed by atoms with Crippen LogP contribution in [0.2, 0.25) is 0 Å². The number of ether oxygens (including phenoxy) is 1. The number of hydrogen-bond acceptors (Lipinski definition) is 5. The second-order valence-corrected chi connectivity index (χ2v) is 5.49. The van der Waals surface area contributed by atoms with Gasteiger partial charge in [0.25, 0.3) is 0 Å². The lowest BCUT2D eigenvalue weighted by Crippen LogP contribution is -2.37. The van der Waals surface area contributed by atoms with Crippen LogP contribution in [0.25, 0.3) is 11.1 Å². The van der Waals surface area contributed by atoms with Gasteiger partial charge in [-0.1, -0.05) is 28.1 Å². The van der Waals surface area contributed by atoms with Crippen molar-refractivity contribution in [2.45, 2.75) is 0 Å². The van der Waals surface area contributed by atoms with E-state index in [9.17, 15) is 0 Å². The fourth-order valence-electron chi connectivity index (χ4n) is 2.18. The Morgan fingerprint density at radius 3 is 2.75 bits per heavy atom. The number of nitrogen functional groups attached to an aromatic ring is 1. The average molecular weight is 335 g/mol. The zero-order valence-electron chi connectivity index (χ0n) is 10.9. The molecule has 1 saturated heterocycles. The van der Waals surface area contributed by atoms with Crippen LogP contribution >= 0.6 is 15.9 Å². The van der Waals surface area contributed by atoms with Gasteiger partial charge in [0.2, 0.25) is 5.95 Å². The number of halogens is 1. The van der Waals surface area contributed by atoms with Crippen LogP contribution in [0.4, 0.5) is 11.8 Å². The van der Waals surface area contributed by atoms with Crippen molar-refractivity contribution in [1.29, 1.82) is 0 Å². The van der Waals surface area contributed by atoms with Crippen molar-refractivity contribution in [3.8, 4) is 11.1 Å². The quantitative estimate of drug-likeness (QED) is 0.913. The molecule has 0 spiro atoms. The molecule has 1 fully saturated rings. The molecule has 0 saturated carbocycles. The van der Waals surface area contributed by atoms with E-state index >= 15 is 0 Å². The predicted octanol–water partition coefficient (Wildman–Crippen LogP) is 2.32. The topological polar surface area (TPSA) is 64.3 Å². The molecule has 1 aliphatic rings. The summed E-state index contributed by atoms with van der Waals surface area (Å²) in [4.78, 5) is 10.9. The molecule has 2 heterocycles. The maximum absolute atomic E-state index is 6.09. The van der Waals surface area contributed by atoms with Crippen molar-refractivity contribution >= 4 is 27.7 Å². The summed E-state index contributed by atoms with van der Waals surface area (Å²) in [6.45, 7) is 3.01. The molecule has 0 unspecified atom stereocenters. The molecule has 20 heavy (non-hydrogen) atoms. The lowest BCUT2D eigenvalue weighted by Gasteiger charge is -2.26. The molecule has 1 aromatic carbocycles. The standard InChI is InChI=1S/C14H15BrN4O/c15-11-3-1-2-10(8-11)12-9-17-14(18-13(12)16)19-4-6-20-7-5-19/h1-3,8-9H,4-7H2,(H2,16,17,18). The highest BCUT2D eigenvalue weighted by Gasteiger charge is 2.15. The monoisotopic (exact) mass is 334 g/mol. The second kappa shape index (κ2) is 5.76. The Kier molecular flexibility index (Phi) is 3.84. The fourth-order valence-corrected chi connectivity index (χ4v) is 2.58. The van der Waals surface area contributed by atoms with E-state index in [4.69, 9.17) is 10.5 Å². The summed E-state index contributed by atoms with van der Waals surface area (Å²) in [7, 11) is 0. The molecule has 0 amide bonds. The van der Waals surface area contributed by atoms with Crippen molar-refractivity contribution in [2.75, 3.05) is 36.9 Å². The molecule has 104 valence electrons. The Morgan fingerprint density at radius 2 is 2.05 bits per heavy atom. The normalized spacial score (nSPS) is 15.3. The summed E-state index contributed by atoms with van der Waals surface area (Å²) in [6.07, 6.45) is 1.79. The minimum absolute atomic E-state index is 0.500. The van der Waals surface area contributed by atoms with Crippen LogP contribution in [0.3, 0.4) is 0 Å². The van der Waals surface area contributed by atoms with E-state index in [-0.39, 0.29) is 0 Å². The van der Waals surface area contributed by atoms with E-state index in [1.807, 2.05) is 24.3 Å². The molecule has 0 bridgehead atoms. The highest BCUT2D eigenvalue weighted by Crippen LogP contribution is 2.27. The van der Waals surface area contributed by atoms with Gasteiger partial charge in [-0.3, -0.25) is 0 Å². The molecule has 1 aliphatic heterocycles. The van der Waals surface area contributed by atoms with E-state index in [2.05, 4.69) is 30.8 Å². The molecule has 0 aliphatic carbocycles. The van der Waals surface area contributed by atoms with Gasteiger partial charge in [0.15, 0.2) is 0 Å². The largest absolute Gasteiger partial charge is 0.383 e. The molecule has 6 heteroatoms. The molecule has 3 rings (SSSR count). The number of rotatable bonds is 2. The first kappa shape index (κ1) is 13.3. The van der Waals surface area contributed by atoms with E-state index < -0.39 is 0 Å². The van der Waals surface area contributed by atoms with Gasteiger partial charge in [0.05, 0.1) is 13.2 Å². The zero-order valence-corrected chi connectivity index (χ0v) is 12.5. The second-order valence-electron chi connectivity index (χ2n) is 4.58. The molecule has 1 aromatic heterocycles. The first-order valence-corrected chi connectivity index (χ1v) is 7.24. The third-order valence-corrected chi connectivity index (χ3v) is 3.73. The van der Waals surface area contributed by atoms with Crippen LogP contribution in [0, 0.1) is 0 Å². The number of morpholine rings is 1. The first-order valence-electron chi connectivity index (χ1n) is 6.45. The zero-order chi connectivity index (χ0) is 13.9. The smallest absolute Gasteiger partial charge is 0.227 e. The van der Waals surface area contributed by atoms with Crippen molar-refractivity contribution in [3.63, 3.8) is 0 Å². The fraction of sp³-hybridized carbons (Fsp3) is 0.286. The molecule has 2 N–H and O–H groups in total. The number of benzene rings is 1. The summed E-state index contributed by atoms with van der Waals surface area (Å²) >= 11 is 3.46. The van der Waals surface area contributed by atoms with Gasteiger partial charge in [-0.15, -0.1) is 0 Å². The van der Waals surface area contributed by atoms with Gasteiger partial charge in [-0.2, -0.15) is 4.98 Å². The summed E-state index contributed by atoms with van der Waals surface area (Å²) in [5.74, 6) is 1.17. The van der Waals surface area contributed by atoms with E-state index in [1.165, 1.54) is 0 Å². The van der Waals surface area contributed by atoms with Crippen LogP contribution in [0.1, 0.15) is 0 Å². The lowest BCUT2D eigenvalue weighted by molar-refractivity contribution is 0.122. The van der Waals surface area contributed by atoms with Crippen molar-refractivity contribution in [2.24, 2.45) is 0 Å². The summed E-state index contributed by atoms with van der Waals surface area (Å²) in [5.41, 5.74) is 7.94. The van der Waals surface area contributed by atoms with Gasteiger partial charge in [0, 0.05) is 29.3 Å². The summed E-state index contributed by atoms with van der Waals surface area (Å²) in [6, 6.07) is 7.94. The minimum Gasteiger partial charge on any atom is -0.383 e. The van der Waals surface area contributed by atoms with Crippen molar-refractivity contribution in [1.82, 2.24) is 9.97 Å². The SMILES string of the molecule is Nc1nc(N2CCOCC2)ncc1-c1cccc(Br)c1. The van der Waals surface area contributed by atoms with Gasteiger partial charge >= 0.3 is 0 Å². The van der Waals surface area contributed by atoms with E-state index in [0.717, 1.165) is 28.7 Å². The molecule has 2 aromatic rings. The highest BCUT2D eigenvalue weighted by molar-refractivity contribution is 9.10. The number of anilines is 2. The lowest BCUT2D eigenvalue weighted by atomic mass is 10.1. The van der Waals surface area contributed by atoms with Gasteiger partial charge in [-0.05, 0) is 17.7 Å². The van der Waals surface area contributed by atoms with Gasteiger partial charge in [-0.25, -0.2) is 4.98 Å². The molecule has 0 atom stereocenters. The van der Waals surface area contributed by atoms with Crippen LogP contribution < -0.4 is 10.6 Å². The Morgan fingerprint density at radius 1 is 1.25 bits per heavy atom. The van der Waals surface area contributed by atoms with Crippen LogP contribution in [0.5, 0.6) is 0 Å². The Labute approximate surface area is 125 Å². The maximum atomic E-state index is 6.09. The summed E-state index contributed by atoms with van der Waals surface area (Å²) in [5, 5.41) is 0. The first-order chi connectivity index (χ1) is 9.74. The Balaban J connectivity index is 1.91. The Bertz CT molecular complexity index is 614. The summed E-state index contributed by atoms with van der Waals surface area (Å²) < 4.78 is 6.33. The van der Waals surface area contributed by atoms with Crippen LogP contribution in [-0.4, -0.2) is 36.3 Å². The third-order valence-electron chi connectivity index (χ3n) is 3.24. The third kappa shape index (κ3) is 2.76. The number of nitrogens with two attached hydrogens (primary N) is 1. The number of aromatic nitrogens is 2. The minimum atomic E-state index is 0.500. The van der Waals surface area contributed by atoms with Crippen LogP contribution in [0.15, 0.2) is 34.9 Å². The maximum Gasteiger partial charge on any atom is 0.227 e. The highest BCUT2D eigenvalue weighted by atomic mass is 79.9. The van der Waals surface area contributed by atoms with Crippen molar-refractivity contribution < 1.29 is 4.74 Å². The molecule has 0 radical (unpaired) electrons. The van der Waals surface area contributed by atoms with Crippen molar-refractivity contribution in [3.05, 3.63) is 34.9 Å².